The largest absolute Gasteiger partial charge is 0.481 e. The van der Waals surface area contributed by atoms with Gasteiger partial charge in [0.25, 0.3) is 0 Å². The summed E-state index contributed by atoms with van der Waals surface area (Å²) in [7, 11) is 0. The van der Waals surface area contributed by atoms with Crippen molar-refractivity contribution in [3.05, 3.63) is 35.6 Å². The van der Waals surface area contributed by atoms with E-state index < -0.39 is 16.8 Å². The van der Waals surface area contributed by atoms with Crippen LogP contribution in [0, 0.1) is 11.2 Å². The van der Waals surface area contributed by atoms with Crippen molar-refractivity contribution in [3.63, 3.8) is 0 Å². The summed E-state index contributed by atoms with van der Waals surface area (Å²) in [4.78, 5) is 24.8. The lowest BCUT2D eigenvalue weighted by molar-refractivity contribution is -0.154. The van der Waals surface area contributed by atoms with Gasteiger partial charge >= 0.3 is 5.97 Å². The lowest BCUT2D eigenvalue weighted by atomic mass is 9.76. The number of aliphatic carboxylic acids is 1. The molecule has 0 atom stereocenters. The first-order valence-corrected chi connectivity index (χ1v) is 8.84. The molecule has 0 unspecified atom stereocenters. The molecule has 2 aliphatic rings. The third-order valence-corrected chi connectivity index (χ3v) is 5.76. The second kappa shape index (κ2) is 7.12. The van der Waals surface area contributed by atoms with Crippen molar-refractivity contribution in [3.8, 4) is 0 Å². The summed E-state index contributed by atoms with van der Waals surface area (Å²) in [5.41, 5.74) is -1.05. The van der Waals surface area contributed by atoms with Gasteiger partial charge in [0.05, 0.1) is 10.8 Å². The number of benzene rings is 1. The van der Waals surface area contributed by atoms with Gasteiger partial charge < -0.3 is 15.2 Å². The normalized spacial score (nSPS) is 21.6. The molecule has 136 valence electrons. The Morgan fingerprint density at radius 2 is 1.84 bits per heavy atom. The minimum atomic E-state index is -0.977. The number of halogens is 1. The van der Waals surface area contributed by atoms with E-state index in [0.29, 0.717) is 44.5 Å². The fourth-order valence-corrected chi connectivity index (χ4v) is 4.06. The molecular weight excluding hydrogens is 325 g/mol. The van der Waals surface area contributed by atoms with Gasteiger partial charge in [-0.3, -0.25) is 9.59 Å². The maximum absolute atomic E-state index is 13.7. The Hall–Kier alpha value is -1.95. The fraction of sp³-hybridized carbons (Fsp3) is 0.579. The van der Waals surface area contributed by atoms with Crippen LogP contribution in [0.4, 0.5) is 4.39 Å². The number of carboxylic acids is 1. The third kappa shape index (κ3) is 3.40. The quantitative estimate of drug-likeness (QED) is 0.857. The second-order valence-corrected chi connectivity index (χ2v) is 7.18. The topological polar surface area (TPSA) is 75.6 Å². The average Bonchev–Trinajstić information content (AvgIpc) is 3.11. The Bertz CT molecular complexity index is 649. The summed E-state index contributed by atoms with van der Waals surface area (Å²) in [6.45, 7) is 0.857. The summed E-state index contributed by atoms with van der Waals surface area (Å²) in [6.07, 6.45) is 3.89. The molecule has 1 saturated heterocycles. The van der Waals surface area contributed by atoms with Crippen LogP contribution in [0.1, 0.15) is 44.1 Å². The van der Waals surface area contributed by atoms with Crippen LogP contribution in [0.3, 0.4) is 0 Å². The predicted molar refractivity (Wildman–Crippen MR) is 89.7 cm³/mol. The number of nitrogens with one attached hydrogen (secondary N) is 1. The third-order valence-electron chi connectivity index (χ3n) is 5.76. The van der Waals surface area contributed by atoms with Gasteiger partial charge in [-0.25, -0.2) is 4.39 Å². The van der Waals surface area contributed by atoms with Crippen molar-refractivity contribution >= 4 is 11.9 Å². The van der Waals surface area contributed by atoms with E-state index in [9.17, 15) is 19.1 Å². The molecule has 1 aliphatic carbocycles. The summed E-state index contributed by atoms with van der Waals surface area (Å²) >= 11 is 0. The highest BCUT2D eigenvalue weighted by Gasteiger charge is 2.45. The highest BCUT2D eigenvalue weighted by Crippen LogP contribution is 2.42. The van der Waals surface area contributed by atoms with Crippen LogP contribution in [-0.2, 0) is 19.7 Å². The number of carboxylic acid groups (broad SMARTS) is 1. The average molecular weight is 349 g/mol. The Morgan fingerprint density at radius 1 is 1.16 bits per heavy atom. The lowest BCUT2D eigenvalue weighted by Gasteiger charge is -2.35. The Kier molecular flexibility index (Phi) is 5.08. The zero-order valence-corrected chi connectivity index (χ0v) is 14.2. The SMILES string of the molecule is O=C(O)C1(CNC(=O)C2(c3cccc(F)c3)CCCC2)CCOCC1. The van der Waals surface area contributed by atoms with E-state index in [1.165, 1.54) is 12.1 Å². The van der Waals surface area contributed by atoms with Crippen molar-refractivity contribution in [2.24, 2.45) is 5.41 Å². The van der Waals surface area contributed by atoms with Gasteiger partial charge in [0.1, 0.15) is 5.82 Å². The molecule has 1 aromatic rings. The number of hydrogen-bond donors (Lipinski definition) is 2. The summed E-state index contributed by atoms with van der Waals surface area (Å²) in [6, 6.07) is 6.20. The molecule has 2 N–H and O–H groups in total. The number of hydrogen-bond acceptors (Lipinski definition) is 3. The molecule has 25 heavy (non-hydrogen) atoms. The summed E-state index contributed by atoms with van der Waals surface area (Å²) in [5.74, 6) is -1.45. The number of carbonyl (C=O) groups excluding carboxylic acids is 1. The van der Waals surface area contributed by atoms with E-state index in [1.54, 1.807) is 12.1 Å². The van der Waals surface area contributed by atoms with Crippen molar-refractivity contribution in [1.29, 1.82) is 0 Å². The van der Waals surface area contributed by atoms with Crippen LogP contribution < -0.4 is 5.32 Å². The summed E-state index contributed by atoms with van der Waals surface area (Å²) in [5, 5.41) is 12.5. The minimum Gasteiger partial charge on any atom is -0.481 e. The predicted octanol–water partition coefficient (Wildman–Crippen LogP) is 2.64. The van der Waals surface area contributed by atoms with Crippen molar-refractivity contribution in [1.82, 2.24) is 5.32 Å². The molecule has 0 spiro atoms. The van der Waals surface area contributed by atoms with Crippen LogP contribution in [0.25, 0.3) is 0 Å². The molecule has 0 aromatic heterocycles. The van der Waals surface area contributed by atoms with Crippen LogP contribution >= 0.6 is 0 Å². The smallest absolute Gasteiger partial charge is 0.311 e. The van der Waals surface area contributed by atoms with E-state index in [-0.39, 0.29) is 18.3 Å². The van der Waals surface area contributed by atoms with Crippen LogP contribution in [-0.4, -0.2) is 36.7 Å². The van der Waals surface area contributed by atoms with Gasteiger partial charge in [-0.15, -0.1) is 0 Å². The molecule has 1 aromatic carbocycles. The number of carbonyl (C=O) groups is 2. The van der Waals surface area contributed by atoms with E-state index >= 15 is 0 Å². The molecule has 1 amide bonds. The van der Waals surface area contributed by atoms with E-state index in [4.69, 9.17) is 4.74 Å². The minimum absolute atomic E-state index is 0.0849. The van der Waals surface area contributed by atoms with Gasteiger partial charge in [-0.2, -0.15) is 0 Å². The lowest BCUT2D eigenvalue weighted by Crippen LogP contribution is -2.51. The first-order valence-electron chi connectivity index (χ1n) is 8.84. The maximum atomic E-state index is 13.7. The van der Waals surface area contributed by atoms with Crippen molar-refractivity contribution < 1.29 is 23.8 Å². The molecule has 2 fully saturated rings. The molecule has 5 nitrogen and oxygen atoms in total. The zero-order chi connectivity index (χ0) is 17.9. The number of amides is 1. The molecule has 0 bridgehead atoms. The molecule has 6 heteroatoms. The second-order valence-electron chi connectivity index (χ2n) is 7.18. The van der Waals surface area contributed by atoms with Crippen LogP contribution in [0.2, 0.25) is 0 Å². The number of rotatable bonds is 5. The Labute approximate surface area is 146 Å². The standard InChI is InChI=1S/C19H24FNO4/c20-15-5-3-4-14(12-15)19(6-1-2-7-19)16(22)21-13-18(17(23)24)8-10-25-11-9-18/h3-5,12H,1-2,6-11,13H2,(H,21,22)(H,23,24). The van der Waals surface area contributed by atoms with Gasteiger partial charge in [0, 0.05) is 19.8 Å². The summed E-state index contributed by atoms with van der Waals surface area (Å²) < 4.78 is 18.9. The molecular formula is C19H24FNO4. The van der Waals surface area contributed by atoms with Crippen molar-refractivity contribution in [2.75, 3.05) is 19.8 Å². The van der Waals surface area contributed by atoms with Crippen LogP contribution in [0.15, 0.2) is 24.3 Å². The van der Waals surface area contributed by atoms with E-state index in [0.717, 1.165) is 12.8 Å². The van der Waals surface area contributed by atoms with E-state index in [2.05, 4.69) is 5.32 Å². The molecule has 0 radical (unpaired) electrons. The highest BCUT2D eigenvalue weighted by atomic mass is 19.1. The van der Waals surface area contributed by atoms with Gasteiger partial charge in [-0.05, 0) is 43.4 Å². The van der Waals surface area contributed by atoms with Gasteiger partial charge in [0.15, 0.2) is 0 Å². The molecule has 3 rings (SSSR count). The fourth-order valence-electron chi connectivity index (χ4n) is 4.06. The zero-order valence-electron chi connectivity index (χ0n) is 14.2. The molecule has 1 saturated carbocycles. The Morgan fingerprint density at radius 3 is 2.44 bits per heavy atom. The van der Waals surface area contributed by atoms with Crippen LogP contribution in [0.5, 0.6) is 0 Å². The monoisotopic (exact) mass is 349 g/mol. The van der Waals surface area contributed by atoms with E-state index in [1.807, 2.05) is 0 Å². The number of ether oxygens (including phenoxy) is 1. The first kappa shape index (κ1) is 17.9. The maximum Gasteiger partial charge on any atom is 0.311 e. The highest BCUT2D eigenvalue weighted by molar-refractivity contribution is 5.89. The molecule has 1 aliphatic heterocycles. The van der Waals surface area contributed by atoms with Gasteiger partial charge in [-0.1, -0.05) is 25.0 Å². The van der Waals surface area contributed by atoms with Crippen molar-refractivity contribution in [2.45, 2.75) is 43.9 Å². The molecule has 1 heterocycles. The Balaban J connectivity index is 1.79. The van der Waals surface area contributed by atoms with Gasteiger partial charge in [0.2, 0.25) is 5.91 Å². The first-order chi connectivity index (χ1) is 12.0.